The number of carboxylic acids is 1. The quantitative estimate of drug-likeness (QED) is 0.872. The van der Waals surface area contributed by atoms with Crippen molar-refractivity contribution in [3.05, 3.63) is 29.3 Å². The zero-order valence-electron chi connectivity index (χ0n) is 10.7. The van der Waals surface area contributed by atoms with E-state index in [9.17, 15) is 9.59 Å². The Bertz CT molecular complexity index is 499. The molecule has 1 fully saturated rings. The Labute approximate surface area is 116 Å². The number of urea groups is 1. The Morgan fingerprint density at radius 1 is 1.32 bits per heavy atom. The highest BCUT2D eigenvalue weighted by Gasteiger charge is 2.17. The molecule has 5 nitrogen and oxygen atoms in total. The molecule has 19 heavy (non-hydrogen) atoms. The van der Waals surface area contributed by atoms with Gasteiger partial charge in [-0.05, 0) is 24.6 Å². The van der Waals surface area contributed by atoms with E-state index in [0.29, 0.717) is 11.3 Å². The van der Waals surface area contributed by atoms with E-state index in [4.69, 9.17) is 5.11 Å². The first-order chi connectivity index (χ1) is 9.08. The van der Waals surface area contributed by atoms with E-state index < -0.39 is 5.97 Å². The van der Waals surface area contributed by atoms with Crippen molar-refractivity contribution >= 4 is 29.4 Å². The number of aryl methyl sites for hydroxylation is 1. The Balaban J connectivity index is 2.08. The maximum absolute atomic E-state index is 12.0. The van der Waals surface area contributed by atoms with E-state index in [2.05, 4.69) is 5.32 Å². The molecule has 102 valence electrons. The number of aromatic carboxylic acids is 1. The minimum absolute atomic E-state index is 0.166. The van der Waals surface area contributed by atoms with Crippen LogP contribution in [0.1, 0.15) is 15.9 Å². The molecule has 1 saturated heterocycles. The molecule has 1 aromatic carbocycles. The highest BCUT2D eigenvalue weighted by molar-refractivity contribution is 7.99. The van der Waals surface area contributed by atoms with Crippen molar-refractivity contribution in [2.45, 2.75) is 6.92 Å². The largest absolute Gasteiger partial charge is 0.478 e. The maximum atomic E-state index is 12.0. The Morgan fingerprint density at radius 2 is 2.00 bits per heavy atom. The SMILES string of the molecule is Cc1ccc(NC(=O)N2CCSCC2)cc1C(=O)O. The lowest BCUT2D eigenvalue weighted by Crippen LogP contribution is -2.40. The molecule has 0 aliphatic carbocycles. The fraction of sp³-hybridized carbons (Fsp3) is 0.385. The summed E-state index contributed by atoms with van der Waals surface area (Å²) < 4.78 is 0. The summed E-state index contributed by atoms with van der Waals surface area (Å²) in [5, 5.41) is 11.8. The maximum Gasteiger partial charge on any atom is 0.336 e. The zero-order chi connectivity index (χ0) is 13.8. The Kier molecular flexibility index (Phi) is 4.31. The molecule has 0 unspecified atom stereocenters. The molecule has 1 aliphatic rings. The van der Waals surface area contributed by atoms with E-state index in [1.54, 1.807) is 24.0 Å². The number of hydrogen-bond donors (Lipinski definition) is 2. The summed E-state index contributed by atoms with van der Waals surface area (Å²) in [5.74, 6) is 0.909. The number of anilines is 1. The summed E-state index contributed by atoms with van der Waals surface area (Å²) in [4.78, 5) is 24.8. The van der Waals surface area contributed by atoms with Crippen LogP contribution in [0.4, 0.5) is 10.5 Å². The fourth-order valence-electron chi connectivity index (χ4n) is 1.90. The molecule has 6 heteroatoms. The summed E-state index contributed by atoms with van der Waals surface area (Å²) in [7, 11) is 0. The number of rotatable bonds is 2. The second kappa shape index (κ2) is 5.97. The van der Waals surface area contributed by atoms with Crippen LogP contribution in [-0.4, -0.2) is 46.6 Å². The number of carbonyl (C=O) groups excluding carboxylic acids is 1. The van der Waals surface area contributed by atoms with Crippen LogP contribution < -0.4 is 5.32 Å². The second-order valence-corrected chi connectivity index (χ2v) is 5.59. The van der Waals surface area contributed by atoms with Crippen LogP contribution in [0.15, 0.2) is 18.2 Å². The monoisotopic (exact) mass is 280 g/mol. The summed E-state index contributed by atoms with van der Waals surface area (Å²) >= 11 is 1.83. The average molecular weight is 280 g/mol. The third-order valence-electron chi connectivity index (χ3n) is 3.02. The summed E-state index contributed by atoms with van der Waals surface area (Å²) in [5.41, 5.74) is 1.41. The van der Waals surface area contributed by atoms with Gasteiger partial charge in [0.1, 0.15) is 0 Å². The smallest absolute Gasteiger partial charge is 0.336 e. The molecule has 2 N–H and O–H groups in total. The predicted octanol–water partition coefficient (Wildman–Crippen LogP) is 2.27. The number of amides is 2. The number of nitrogens with zero attached hydrogens (tertiary/aromatic N) is 1. The van der Waals surface area contributed by atoms with Crippen LogP contribution in [0.25, 0.3) is 0 Å². The van der Waals surface area contributed by atoms with Gasteiger partial charge in [-0.15, -0.1) is 0 Å². The van der Waals surface area contributed by atoms with Crippen LogP contribution in [0.5, 0.6) is 0 Å². The second-order valence-electron chi connectivity index (χ2n) is 4.36. The average Bonchev–Trinajstić information content (AvgIpc) is 2.41. The molecule has 1 heterocycles. The molecule has 1 aliphatic heterocycles. The molecule has 0 radical (unpaired) electrons. The van der Waals surface area contributed by atoms with Gasteiger partial charge in [-0.1, -0.05) is 6.07 Å². The third-order valence-corrected chi connectivity index (χ3v) is 3.96. The van der Waals surface area contributed by atoms with Crippen LogP contribution in [0, 0.1) is 6.92 Å². The minimum atomic E-state index is -0.983. The van der Waals surface area contributed by atoms with Gasteiger partial charge in [0.25, 0.3) is 0 Å². The molecular formula is C13H16N2O3S. The summed E-state index contributed by atoms with van der Waals surface area (Å²) in [6.45, 7) is 3.19. The molecule has 0 atom stereocenters. The first-order valence-electron chi connectivity index (χ1n) is 6.05. The van der Waals surface area contributed by atoms with Crippen LogP contribution in [0.3, 0.4) is 0 Å². The van der Waals surface area contributed by atoms with Crippen LogP contribution in [-0.2, 0) is 0 Å². The number of benzene rings is 1. The molecule has 2 amide bonds. The molecule has 0 spiro atoms. The van der Waals surface area contributed by atoms with Crippen LogP contribution in [0.2, 0.25) is 0 Å². The molecule has 0 aromatic heterocycles. The lowest BCUT2D eigenvalue weighted by Gasteiger charge is -2.26. The highest BCUT2D eigenvalue weighted by atomic mass is 32.2. The zero-order valence-corrected chi connectivity index (χ0v) is 11.5. The lowest BCUT2D eigenvalue weighted by atomic mass is 10.1. The molecule has 2 rings (SSSR count). The van der Waals surface area contributed by atoms with E-state index in [1.165, 1.54) is 6.07 Å². The van der Waals surface area contributed by atoms with Gasteiger partial charge < -0.3 is 15.3 Å². The van der Waals surface area contributed by atoms with E-state index in [0.717, 1.165) is 24.6 Å². The van der Waals surface area contributed by atoms with Gasteiger partial charge in [-0.25, -0.2) is 9.59 Å². The molecule has 0 saturated carbocycles. The standard InChI is InChI=1S/C13H16N2O3S/c1-9-2-3-10(8-11(9)12(16)17)14-13(18)15-4-6-19-7-5-15/h2-3,8H,4-7H2,1H3,(H,14,18)(H,16,17). The van der Waals surface area contributed by atoms with Crippen molar-refractivity contribution < 1.29 is 14.7 Å². The van der Waals surface area contributed by atoms with Crippen molar-refractivity contribution in [2.75, 3.05) is 29.9 Å². The van der Waals surface area contributed by atoms with Gasteiger partial charge in [0.15, 0.2) is 0 Å². The Morgan fingerprint density at radius 3 is 2.63 bits per heavy atom. The van der Waals surface area contributed by atoms with Gasteiger partial charge in [0, 0.05) is 30.3 Å². The van der Waals surface area contributed by atoms with Gasteiger partial charge in [-0.3, -0.25) is 0 Å². The third kappa shape index (κ3) is 3.41. The molecule has 0 bridgehead atoms. The fourth-order valence-corrected chi connectivity index (χ4v) is 2.80. The van der Waals surface area contributed by atoms with E-state index in [-0.39, 0.29) is 11.6 Å². The van der Waals surface area contributed by atoms with Crippen molar-refractivity contribution in [1.29, 1.82) is 0 Å². The van der Waals surface area contributed by atoms with Crippen molar-refractivity contribution in [3.63, 3.8) is 0 Å². The summed E-state index contributed by atoms with van der Waals surface area (Å²) in [6, 6.07) is 4.75. The van der Waals surface area contributed by atoms with Crippen LogP contribution >= 0.6 is 11.8 Å². The lowest BCUT2D eigenvalue weighted by molar-refractivity contribution is 0.0696. The topological polar surface area (TPSA) is 69.6 Å². The number of carboxylic acid groups (broad SMARTS) is 1. The summed E-state index contributed by atoms with van der Waals surface area (Å²) in [6.07, 6.45) is 0. The first-order valence-corrected chi connectivity index (χ1v) is 7.21. The van der Waals surface area contributed by atoms with Gasteiger partial charge in [-0.2, -0.15) is 11.8 Å². The number of nitrogens with one attached hydrogen (secondary N) is 1. The number of carbonyl (C=O) groups is 2. The van der Waals surface area contributed by atoms with Gasteiger partial charge in [0.05, 0.1) is 5.56 Å². The number of hydrogen-bond acceptors (Lipinski definition) is 3. The van der Waals surface area contributed by atoms with Gasteiger partial charge >= 0.3 is 12.0 Å². The minimum Gasteiger partial charge on any atom is -0.478 e. The Hall–Kier alpha value is -1.69. The van der Waals surface area contributed by atoms with E-state index in [1.807, 2.05) is 11.8 Å². The first kappa shape index (κ1) is 13.7. The van der Waals surface area contributed by atoms with Gasteiger partial charge in [0.2, 0.25) is 0 Å². The predicted molar refractivity (Wildman–Crippen MR) is 76.1 cm³/mol. The molecule has 1 aromatic rings. The van der Waals surface area contributed by atoms with E-state index >= 15 is 0 Å². The van der Waals surface area contributed by atoms with Crippen molar-refractivity contribution in [2.24, 2.45) is 0 Å². The highest BCUT2D eigenvalue weighted by Crippen LogP contribution is 2.17. The van der Waals surface area contributed by atoms with Crippen molar-refractivity contribution in [3.8, 4) is 0 Å². The molecular weight excluding hydrogens is 264 g/mol. The normalized spacial score (nSPS) is 15.1. The number of thioether (sulfide) groups is 1. The van der Waals surface area contributed by atoms with Crippen molar-refractivity contribution in [1.82, 2.24) is 4.90 Å².